The van der Waals surface area contributed by atoms with Crippen LogP contribution in [0.25, 0.3) is 10.2 Å². The number of para-hydroxylation sites is 1. The molecule has 2 fully saturated rings. The summed E-state index contributed by atoms with van der Waals surface area (Å²) in [7, 11) is 0. The predicted octanol–water partition coefficient (Wildman–Crippen LogP) is 4.33. The third-order valence-corrected chi connectivity index (χ3v) is 6.98. The van der Waals surface area contributed by atoms with Crippen molar-refractivity contribution in [3.05, 3.63) is 59.1 Å². The van der Waals surface area contributed by atoms with Crippen LogP contribution in [0.1, 0.15) is 42.3 Å². The molecule has 2 aliphatic heterocycles. The molecule has 3 aromatic rings. The molecule has 148 valence electrons. The molecular weight excluding hydrogens is 382 g/mol. The molecule has 2 saturated heterocycles. The van der Waals surface area contributed by atoms with E-state index < -0.39 is 0 Å². The van der Waals surface area contributed by atoms with Crippen LogP contribution >= 0.6 is 11.3 Å². The Bertz CT molecular complexity index is 1030. The number of aromatic nitrogens is 1. The molecule has 0 unspecified atom stereocenters. The first-order valence-electron chi connectivity index (χ1n) is 10.2. The molecule has 2 amide bonds. The number of carbonyl (C=O) groups is 2. The summed E-state index contributed by atoms with van der Waals surface area (Å²) in [5.74, 6) is 0.335. The Hall–Kier alpha value is -2.73. The Morgan fingerprint density at radius 3 is 2.66 bits per heavy atom. The highest BCUT2D eigenvalue weighted by Gasteiger charge is 2.32. The van der Waals surface area contributed by atoms with Crippen molar-refractivity contribution in [2.75, 3.05) is 18.0 Å². The minimum absolute atomic E-state index is 0.0846. The van der Waals surface area contributed by atoms with E-state index in [1.807, 2.05) is 52.3 Å². The lowest BCUT2D eigenvalue weighted by Gasteiger charge is -2.23. The maximum atomic E-state index is 13.0. The van der Waals surface area contributed by atoms with Crippen LogP contribution in [-0.2, 0) is 16.0 Å². The molecule has 0 aliphatic carbocycles. The Labute approximate surface area is 174 Å². The van der Waals surface area contributed by atoms with Crippen LogP contribution in [0.15, 0.2) is 48.5 Å². The maximum Gasteiger partial charge on any atom is 0.227 e. The van der Waals surface area contributed by atoms with E-state index in [4.69, 9.17) is 4.98 Å². The van der Waals surface area contributed by atoms with Gasteiger partial charge in [-0.25, -0.2) is 4.98 Å². The van der Waals surface area contributed by atoms with Crippen LogP contribution in [-0.4, -0.2) is 34.8 Å². The van der Waals surface area contributed by atoms with Crippen molar-refractivity contribution in [2.45, 2.75) is 38.1 Å². The Morgan fingerprint density at radius 2 is 1.90 bits per heavy atom. The average Bonchev–Trinajstić information content (AvgIpc) is 3.47. The van der Waals surface area contributed by atoms with Crippen molar-refractivity contribution in [1.29, 1.82) is 0 Å². The summed E-state index contributed by atoms with van der Waals surface area (Å²) in [6.07, 6.45) is 3.92. The zero-order chi connectivity index (χ0) is 19.8. The van der Waals surface area contributed by atoms with E-state index in [1.165, 1.54) is 4.70 Å². The van der Waals surface area contributed by atoms with Crippen molar-refractivity contribution >= 4 is 39.1 Å². The number of hydrogen-bond acceptors (Lipinski definition) is 4. The molecule has 6 heteroatoms. The first-order chi connectivity index (χ1) is 14.2. The molecule has 5 nitrogen and oxygen atoms in total. The molecule has 0 radical (unpaired) electrons. The molecule has 0 bridgehead atoms. The van der Waals surface area contributed by atoms with Crippen molar-refractivity contribution in [1.82, 2.24) is 9.88 Å². The second kappa shape index (κ2) is 7.59. The number of thiazole rings is 1. The molecule has 29 heavy (non-hydrogen) atoms. The third-order valence-electron chi connectivity index (χ3n) is 5.85. The number of likely N-dealkylation sites (tertiary alicyclic amines) is 1. The molecule has 0 N–H and O–H groups in total. The van der Waals surface area contributed by atoms with Gasteiger partial charge in [-0.05, 0) is 49.1 Å². The molecule has 3 heterocycles. The topological polar surface area (TPSA) is 53.5 Å². The summed E-state index contributed by atoms with van der Waals surface area (Å²) in [5, 5.41) is 1.04. The Morgan fingerprint density at radius 1 is 1.07 bits per heavy atom. The number of anilines is 1. The lowest BCUT2D eigenvalue weighted by molar-refractivity contribution is -0.131. The average molecular weight is 406 g/mol. The Balaban J connectivity index is 1.30. The van der Waals surface area contributed by atoms with E-state index >= 15 is 0 Å². The number of rotatable bonds is 4. The summed E-state index contributed by atoms with van der Waals surface area (Å²) >= 11 is 1.70. The van der Waals surface area contributed by atoms with Crippen LogP contribution in [0.4, 0.5) is 5.69 Å². The molecule has 2 aliphatic rings. The molecular formula is C23H23N3O2S. The molecule has 1 atom stereocenters. The van der Waals surface area contributed by atoms with E-state index in [-0.39, 0.29) is 17.9 Å². The summed E-state index contributed by atoms with van der Waals surface area (Å²) in [5.41, 5.74) is 2.93. The molecule has 0 spiro atoms. The van der Waals surface area contributed by atoms with Gasteiger partial charge in [0.1, 0.15) is 5.01 Å². The zero-order valence-electron chi connectivity index (χ0n) is 16.2. The summed E-state index contributed by atoms with van der Waals surface area (Å²) in [6.45, 7) is 1.58. The van der Waals surface area contributed by atoms with Crippen LogP contribution in [0, 0.1) is 0 Å². The molecule has 5 rings (SSSR count). The number of fused-ring (bicyclic) bond motifs is 1. The van der Waals surface area contributed by atoms with Crippen molar-refractivity contribution in [3.8, 4) is 0 Å². The predicted molar refractivity (Wildman–Crippen MR) is 115 cm³/mol. The van der Waals surface area contributed by atoms with E-state index in [2.05, 4.69) is 6.07 Å². The number of benzene rings is 2. The van der Waals surface area contributed by atoms with Crippen molar-refractivity contribution in [2.24, 2.45) is 0 Å². The van der Waals surface area contributed by atoms with Gasteiger partial charge >= 0.3 is 0 Å². The number of nitrogens with zero attached hydrogens (tertiary/aromatic N) is 3. The van der Waals surface area contributed by atoms with Gasteiger partial charge < -0.3 is 9.80 Å². The highest BCUT2D eigenvalue weighted by Crippen LogP contribution is 2.36. The highest BCUT2D eigenvalue weighted by atomic mass is 32.1. The normalized spacial score (nSPS) is 19.4. The van der Waals surface area contributed by atoms with Crippen LogP contribution in [0.5, 0.6) is 0 Å². The van der Waals surface area contributed by atoms with E-state index in [0.29, 0.717) is 12.8 Å². The first kappa shape index (κ1) is 18.3. The quantitative estimate of drug-likeness (QED) is 0.649. The maximum absolute atomic E-state index is 13.0. The molecule has 2 aromatic carbocycles. The van der Waals surface area contributed by atoms with E-state index in [9.17, 15) is 9.59 Å². The summed E-state index contributed by atoms with van der Waals surface area (Å²) in [6, 6.07) is 16.1. The van der Waals surface area contributed by atoms with Gasteiger partial charge in [0.05, 0.1) is 22.7 Å². The number of amides is 2. The van der Waals surface area contributed by atoms with Gasteiger partial charge in [0.15, 0.2) is 0 Å². The highest BCUT2D eigenvalue weighted by molar-refractivity contribution is 7.18. The summed E-state index contributed by atoms with van der Waals surface area (Å²) < 4.78 is 1.17. The minimum atomic E-state index is 0.0846. The standard InChI is InChI=1S/C23H23N3O2S/c27-21-8-4-13-25(21)17-11-9-16(10-12-17)15-22(28)26-14-3-6-19(26)23-24-18-5-1-2-7-20(18)29-23/h1-2,5,7,9-12,19H,3-4,6,8,13-15H2/t19-/m0/s1. The van der Waals surface area contributed by atoms with Gasteiger partial charge in [-0.1, -0.05) is 24.3 Å². The van der Waals surface area contributed by atoms with E-state index in [0.717, 1.165) is 54.1 Å². The SMILES string of the molecule is O=C1CCCN1c1ccc(CC(=O)N2CCC[C@H]2c2nc3ccccc3s2)cc1. The third kappa shape index (κ3) is 3.53. The fourth-order valence-corrected chi connectivity index (χ4v) is 5.46. The second-order valence-electron chi connectivity index (χ2n) is 7.76. The summed E-state index contributed by atoms with van der Waals surface area (Å²) in [4.78, 5) is 33.6. The van der Waals surface area contributed by atoms with Gasteiger partial charge in [0, 0.05) is 25.2 Å². The fourth-order valence-electron chi connectivity index (χ4n) is 4.35. The number of hydrogen-bond donors (Lipinski definition) is 0. The van der Waals surface area contributed by atoms with Gasteiger partial charge in [-0.15, -0.1) is 11.3 Å². The molecule has 1 aromatic heterocycles. The first-order valence-corrected chi connectivity index (χ1v) is 11.0. The van der Waals surface area contributed by atoms with Gasteiger partial charge in [0.2, 0.25) is 11.8 Å². The minimum Gasteiger partial charge on any atom is -0.333 e. The number of carbonyl (C=O) groups excluding carboxylic acids is 2. The fraction of sp³-hybridized carbons (Fsp3) is 0.348. The van der Waals surface area contributed by atoms with Gasteiger partial charge in [-0.2, -0.15) is 0 Å². The largest absolute Gasteiger partial charge is 0.333 e. The van der Waals surface area contributed by atoms with Gasteiger partial charge in [-0.3, -0.25) is 9.59 Å². The van der Waals surface area contributed by atoms with Crippen molar-refractivity contribution < 1.29 is 9.59 Å². The lowest BCUT2D eigenvalue weighted by atomic mass is 10.1. The monoisotopic (exact) mass is 405 g/mol. The van der Waals surface area contributed by atoms with Crippen LogP contribution in [0.2, 0.25) is 0 Å². The van der Waals surface area contributed by atoms with Crippen molar-refractivity contribution in [3.63, 3.8) is 0 Å². The van der Waals surface area contributed by atoms with Gasteiger partial charge in [0.25, 0.3) is 0 Å². The van der Waals surface area contributed by atoms with Crippen LogP contribution < -0.4 is 4.90 Å². The zero-order valence-corrected chi connectivity index (χ0v) is 17.0. The second-order valence-corrected chi connectivity index (χ2v) is 8.82. The van der Waals surface area contributed by atoms with Crippen LogP contribution in [0.3, 0.4) is 0 Å². The lowest BCUT2D eigenvalue weighted by Crippen LogP contribution is -2.31. The smallest absolute Gasteiger partial charge is 0.227 e. The van der Waals surface area contributed by atoms with E-state index in [1.54, 1.807) is 11.3 Å². The Kier molecular flexibility index (Phi) is 4.79. The molecule has 0 saturated carbocycles.